The van der Waals surface area contributed by atoms with Crippen LogP contribution in [-0.4, -0.2) is 19.3 Å². The number of rotatable bonds is 6. The summed E-state index contributed by atoms with van der Waals surface area (Å²) in [6.07, 6.45) is 4.06. The summed E-state index contributed by atoms with van der Waals surface area (Å²) >= 11 is 0. The summed E-state index contributed by atoms with van der Waals surface area (Å²) in [6.45, 7) is 5.63. The van der Waals surface area contributed by atoms with Gasteiger partial charge in [0.1, 0.15) is 0 Å². The van der Waals surface area contributed by atoms with E-state index < -0.39 is 0 Å². The van der Waals surface area contributed by atoms with Gasteiger partial charge < -0.3 is 10.5 Å². The van der Waals surface area contributed by atoms with Crippen molar-refractivity contribution in [3.8, 4) is 0 Å². The molecule has 0 aromatic rings. The molecule has 1 unspecified atom stereocenters. The maximum absolute atomic E-state index is 5.37. The van der Waals surface area contributed by atoms with Gasteiger partial charge in [0.25, 0.3) is 0 Å². The molecule has 2 heteroatoms. The van der Waals surface area contributed by atoms with Crippen molar-refractivity contribution in [1.82, 2.24) is 0 Å². The average molecular weight is 145 g/mol. The molecule has 0 saturated heterocycles. The lowest BCUT2D eigenvalue weighted by molar-refractivity contribution is 0.0645. The molecule has 0 saturated carbocycles. The topological polar surface area (TPSA) is 35.2 Å². The van der Waals surface area contributed by atoms with Crippen molar-refractivity contribution in [3.05, 3.63) is 0 Å². The fourth-order valence-corrected chi connectivity index (χ4v) is 0.844. The number of ether oxygens (including phenoxy) is 1. The first-order chi connectivity index (χ1) is 4.81. The zero-order chi connectivity index (χ0) is 7.82. The molecule has 2 N–H and O–H groups in total. The van der Waals surface area contributed by atoms with Gasteiger partial charge in [-0.25, -0.2) is 0 Å². The third kappa shape index (κ3) is 6.05. The van der Waals surface area contributed by atoms with Crippen molar-refractivity contribution >= 4 is 0 Å². The largest absolute Gasteiger partial charge is 0.377 e. The summed E-state index contributed by atoms with van der Waals surface area (Å²) in [7, 11) is 0. The van der Waals surface area contributed by atoms with Crippen molar-refractivity contribution in [2.24, 2.45) is 5.73 Å². The molecule has 0 radical (unpaired) electrons. The van der Waals surface area contributed by atoms with Gasteiger partial charge in [-0.1, -0.05) is 19.8 Å². The summed E-state index contributed by atoms with van der Waals surface area (Å²) in [5.41, 5.74) is 5.28. The predicted molar refractivity (Wildman–Crippen MR) is 44.0 cm³/mol. The second kappa shape index (κ2) is 7.03. The Balaban J connectivity index is 3.00. The smallest absolute Gasteiger partial charge is 0.0592 e. The molecule has 0 aromatic carbocycles. The second-order valence-corrected chi connectivity index (χ2v) is 2.61. The first-order valence-corrected chi connectivity index (χ1v) is 4.13. The Bertz CT molecular complexity index is 58.3. The molecular weight excluding hydrogens is 126 g/mol. The molecule has 0 amide bonds. The van der Waals surface area contributed by atoms with E-state index in [0.29, 0.717) is 19.3 Å². The number of nitrogens with two attached hydrogens (primary N) is 1. The molecule has 0 heterocycles. The van der Waals surface area contributed by atoms with Crippen molar-refractivity contribution < 1.29 is 4.74 Å². The quantitative estimate of drug-likeness (QED) is 0.615. The SMILES string of the molecule is CCCCC(C)OCCN. The maximum Gasteiger partial charge on any atom is 0.0592 e. The van der Waals surface area contributed by atoms with Gasteiger partial charge in [-0.2, -0.15) is 0 Å². The summed E-state index contributed by atoms with van der Waals surface area (Å²) in [4.78, 5) is 0. The van der Waals surface area contributed by atoms with Crippen molar-refractivity contribution in [1.29, 1.82) is 0 Å². The maximum atomic E-state index is 5.37. The summed E-state index contributed by atoms with van der Waals surface area (Å²) < 4.78 is 5.37. The molecule has 10 heavy (non-hydrogen) atoms. The van der Waals surface area contributed by atoms with E-state index in [1.54, 1.807) is 0 Å². The van der Waals surface area contributed by atoms with Gasteiger partial charge in [0, 0.05) is 6.54 Å². The van der Waals surface area contributed by atoms with Gasteiger partial charge in [0.05, 0.1) is 12.7 Å². The summed E-state index contributed by atoms with van der Waals surface area (Å²) in [5, 5.41) is 0. The summed E-state index contributed by atoms with van der Waals surface area (Å²) in [5.74, 6) is 0. The molecule has 0 aliphatic heterocycles. The Labute approximate surface area is 63.7 Å². The number of hydrogen-bond acceptors (Lipinski definition) is 2. The third-order valence-corrected chi connectivity index (χ3v) is 1.48. The van der Waals surface area contributed by atoms with Gasteiger partial charge in [0.15, 0.2) is 0 Å². The van der Waals surface area contributed by atoms with Crippen LogP contribution in [0.1, 0.15) is 33.1 Å². The van der Waals surface area contributed by atoms with E-state index in [1.807, 2.05) is 0 Å². The standard InChI is InChI=1S/C8H19NO/c1-3-4-5-8(2)10-7-6-9/h8H,3-7,9H2,1-2H3. The Hall–Kier alpha value is -0.0800. The van der Waals surface area contributed by atoms with Crippen molar-refractivity contribution in [3.63, 3.8) is 0 Å². The Morgan fingerprint density at radius 2 is 2.20 bits per heavy atom. The van der Waals surface area contributed by atoms with E-state index >= 15 is 0 Å². The van der Waals surface area contributed by atoms with E-state index in [1.165, 1.54) is 12.8 Å². The molecule has 0 spiro atoms. The van der Waals surface area contributed by atoms with Gasteiger partial charge in [-0.3, -0.25) is 0 Å². The highest BCUT2D eigenvalue weighted by atomic mass is 16.5. The zero-order valence-electron chi connectivity index (χ0n) is 7.10. The molecule has 0 aliphatic carbocycles. The van der Waals surface area contributed by atoms with Crippen LogP contribution in [0.4, 0.5) is 0 Å². The highest BCUT2D eigenvalue weighted by Gasteiger charge is 1.98. The average Bonchev–Trinajstić information content (AvgIpc) is 1.97. The fourth-order valence-electron chi connectivity index (χ4n) is 0.844. The molecule has 1 atom stereocenters. The minimum Gasteiger partial charge on any atom is -0.377 e. The second-order valence-electron chi connectivity index (χ2n) is 2.61. The van der Waals surface area contributed by atoms with Crippen LogP contribution in [-0.2, 0) is 4.74 Å². The first kappa shape index (κ1) is 9.92. The molecule has 0 aliphatic rings. The van der Waals surface area contributed by atoms with Crippen LogP contribution in [0.25, 0.3) is 0 Å². The number of unbranched alkanes of at least 4 members (excludes halogenated alkanes) is 1. The lowest BCUT2D eigenvalue weighted by Gasteiger charge is -2.10. The minimum absolute atomic E-state index is 0.392. The Morgan fingerprint density at radius 1 is 1.50 bits per heavy atom. The van der Waals surface area contributed by atoms with E-state index in [-0.39, 0.29) is 0 Å². The molecular formula is C8H19NO. The van der Waals surface area contributed by atoms with Gasteiger partial charge in [0.2, 0.25) is 0 Å². The highest BCUT2D eigenvalue weighted by molar-refractivity contribution is 4.49. The van der Waals surface area contributed by atoms with Crippen LogP contribution in [0.2, 0.25) is 0 Å². The van der Waals surface area contributed by atoms with E-state index in [9.17, 15) is 0 Å². The van der Waals surface area contributed by atoms with Gasteiger partial charge >= 0.3 is 0 Å². The Morgan fingerprint density at radius 3 is 2.70 bits per heavy atom. The predicted octanol–water partition coefficient (Wildman–Crippen LogP) is 1.54. The lowest BCUT2D eigenvalue weighted by atomic mass is 10.2. The van der Waals surface area contributed by atoms with Crippen molar-refractivity contribution in [2.75, 3.05) is 13.2 Å². The van der Waals surface area contributed by atoms with Crippen LogP contribution in [0.5, 0.6) is 0 Å². The first-order valence-electron chi connectivity index (χ1n) is 4.13. The van der Waals surface area contributed by atoms with E-state index in [4.69, 9.17) is 10.5 Å². The van der Waals surface area contributed by atoms with Crippen LogP contribution in [0, 0.1) is 0 Å². The molecule has 0 fully saturated rings. The summed E-state index contributed by atoms with van der Waals surface area (Å²) in [6, 6.07) is 0. The fraction of sp³-hybridized carbons (Fsp3) is 1.00. The zero-order valence-corrected chi connectivity index (χ0v) is 7.10. The molecule has 0 rings (SSSR count). The molecule has 2 nitrogen and oxygen atoms in total. The van der Waals surface area contributed by atoms with Crippen LogP contribution < -0.4 is 5.73 Å². The minimum atomic E-state index is 0.392. The van der Waals surface area contributed by atoms with Crippen molar-refractivity contribution in [2.45, 2.75) is 39.2 Å². The van der Waals surface area contributed by atoms with Crippen LogP contribution in [0.3, 0.4) is 0 Å². The van der Waals surface area contributed by atoms with Crippen LogP contribution in [0.15, 0.2) is 0 Å². The Kier molecular flexibility index (Phi) is 6.98. The lowest BCUT2D eigenvalue weighted by Crippen LogP contribution is -2.15. The van der Waals surface area contributed by atoms with Gasteiger partial charge in [-0.05, 0) is 13.3 Å². The third-order valence-electron chi connectivity index (χ3n) is 1.48. The normalized spacial score (nSPS) is 13.5. The van der Waals surface area contributed by atoms with Gasteiger partial charge in [-0.15, -0.1) is 0 Å². The van der Waals surface area contributed by atoms with Crippen LogP contribution >= 0.6 is 0 Å². The molecule has 62 valence electrons. The molecule has 0 bridgehead atoms. The van der Waals surface area contributed by atoms with E-state index in [2.05, 4.69) is 13.8 Å². The highest BCUT2D eigenvalue weighted by Crippen LogP contribution is 2.02. The number of hydrogen-bond donors (Lipinski definition) is 1. The monoisotopic (exact) mass is 145 g/mol. The molecule has 0 aromatic heterocycles. The van der Waals surface area contributed by atoms with E-state index in [0.717, 1.165) is 6.42 Å².